The summed E-state index contributed by atoms with van der Waals surface area (Å²) in [6, 6.07) is 9.62. The first kappa shape index (κ1) is 12.1. The van der Waals surface area contributed by atoms with Crippen molar-refractivity contribution in [1.82, 2.24) is 0 Å². The lowest BCUT2D eigenvalue weighted by Crippen LogP contribution is -1.95. The van der Waals surface area contributed by atoms with Crippen molar-refractivity contribution in [2.24, 2.45) is 0 Å². The minimum Gasteiger partial charge on any atom is -0.507 e. The number of carboxylic acids is 1. The van der Waals surface area contributed by atoms with Crippen molar-refractivity contribution < 1.29 is 15.0 Å². The minimum absolute atomic E-state index is 0.0671. The number of phenols is 1. The average molecular weight is 237 g/mol. The number of carboxylic acid groups (broad SMARTS) is 1. The number of thiophene rings is 1. The van der Waals surface area contributed by atoms with Crippen LogP contribution in [0.1, 0.15) is 10.4 Å². The molecule has 16 heavy (non-hydrogen) atoms. The summed E-state index contributed by atoms with van der Waals surface area (Å²) in [6.45, 7) is 0. The van der Waals surface area contributed by atoms with E-state index in [-0.39, 0.29) is 11.3 Å². The van der Waals surface area contributed by atoms with Crippen LogP contribution < -0.4 is 5.73 Å². The van der Waals surface area contributed by atoms with E-state index in [4.69, 9.17) is 15.9 Å². The molecule has 0 amide bonds. The van der Waals surface area contributed by atoms with Crippen LogP contribution in [-0.2, 0) is 0 Å². The summed E-state index contributed by atoms with van der Waals surface area (Å²) < 4.78 is 0. The van der Waals surface area contributed by atoms with E-state index in [2.05, 4.69) is 0 Å². The Balaban J connectivity index is 0.000000181. The van der Waals surface area contributed by atoms with E-state index in [1.54, 1.807) is 23.5 Å². The molecule has 0 atom stereocenters. The Bertz CT molecular complexity index is 454. The number of anilines is 1. The molecule has 0 aliphatic heterocycles. The number of carbonyl (C=O) groups is 1. The summed E-state index contributed by atoms with van der Waals surface area (Å²) in [7, 11) is 0. The molecule has 1 aromatic heterocycles. The van der Waals surface area contributed by atoms with Gasteiger partial charge in [-0.05, 0) is 29.6 Å². The Labute approximate surface area is 96.6 Å². The Hall–Kier alpha value is -2.01. The first-order valence-corrected chi connectivity index (χ1v) is 5.29. The van der Waals surface area contributed by atoms with Gasteiger partial charge >= 0.3 is 5.97 Å². The summed E-state index contributed by atoms with van der Waals surface area (Å²) in [4.78, 5) is 10.3. The van der Waals surface area contributed by atoms with Crippen LogP contribution in [0.2, 0.25) is 0 Å². The highest BCUT2D eigenvalue weighted by Crippen LogP contribution is 2.14. The molecule has 0 saturated carbocycles. The monoisotopic (exact) mass is 237 g/mol. The van der Waals surface area contributed by atoms with Crippen LogP contribution in [-0.4, -0.2) is 16.2 Å². The zero-order chi connectivity index (χ0) is 12.0. The minimum atomic E-state index is -1.11. The van der Waals surface area contributed by atoms with Crippen LogP contribution >= 0.6 is 11.3 Å². The number of hydrogen-bond donors (Lipinski definition) is 3. The lowest BCUT2D eigenvalue weighted by Gasteiger charge is -1.95. The normalized spacial score (nSPS) is 9.00. The van der Waals surface area contributed by atoms with E-state index in [9.17, 15) is 4.79 Å². The molecule has 4 nitrogen and oxygen atoms in total. The Morgan fingerprint density at radius 1 is 1.19 bits per heavy atom. The summed E-state index contributed by atoms with van der Waals surface area (Å²) >= 11 is 1.56. The van der Waals surface area contributed by atoms with Gasteiger partial charge < -0.3 is 15.9 Å². The SMILES string of the molecule is Nc1cccs1.O=C(O)c1ccccc1O. The van der Waals surface area contributed by atoms with Crippen molar-refractivity contribution in [2.45, 2.75) is 0 Å². The maximum Gasteiger partial charge on any atom is 0.339 e. The molecule has 1 heterocycles. The van der Waals surface area contributed by atoms with Crippen LogP contribution in [0.3, 0.4) is 0 Å². The number of nitrogen functional groups attached to an aromatic ring is 1. The van der Waals surface area contributed by atoms with Gasteiger partial charge in [0.25, 0.3) is 0 Å². The topological polar surface area (TPSA) is 83.6 Å². The molecule has 0 aliphatic rings. The molecule has 84 valence electrons. The number of aromatic hydroxyl groups is 1. The second-order valence-corrected chi connectivity index (χ2v) is 3.82. The van der Waals surface area contributed by atoms with E-state index in [0.29, 0.717) is 0 Å². The molecule has 2 rings (SSSR count). The maximum atomic E-state index is 10.3. The Morgan fingerprint density at radius 2 is 1.88 bits per heavy atom. The summed E-state index contributed by atoms with van der Waals surface area (Å²) in [5, 5.41) is 20.1. The largest absolute Gasteiger partial charge is 0.507 e. The van der Waals surface area contributed by atoms with Gasteiger partial charge in [0, 0.05) is 0 Å². The molecule has 1 aromatic carbocycles. The molecule has 0 saturated heterocycles. The van der Waals surface area contributed by atoms with Crippen molar-refractivity contribution >= 4 is 22.3 Å². The van der Waals surface area contributed by atoms with Crippen molar-refractivity contribution in [1.29, 1.82) is 0 Å². The van der Waals surface area contributed by atoms with Gasteiger partial charge in [0.1, 0.15) is 11.3 Å². The number of rotatable bonds is 1. The number of aromatic carboxylic acids is 1. The molecular weight excluding hydrogens is 226 g/mol. The number of para-hydroxylation sites is 1. The van der Waals surface area contributed by atoms with Crippen molar-refractivity contribution in [2.75, 3.05) is 5.73 Å². The quantitative estimate of drug-likeness (QED) is 0.711. The molecule has 0 radical (unpaired) electrons. The highest BCUT2D eigenvalue weighted by Gasteiger charge is 2.05. The van der Waals surface area contributed by atoms with E-state index in [1.165, 1.54) is 12.1 Å². The lowest BCUT2D eigenvalue weighted by molar-refractivity contribution is 0.0694. The number of benzene rings is 1. The second-order valence-electron chi connectivity index (χ2n) is 2.84. The van der Waals surface area contributed by atoms with Crippen molar-refractivity contribution in [3.05, 3.63) is 47.3 Å². The highest BCUT2D eigenvalue weighted by atomic mass is 32.1. The fourth-order valence-electron chi connectivity index (χ4n) is 0.946. The molecule has 0 bridgehead atoms. The standard InChI is InChI=1S/C7H6O3.C4H5NS/c8-6-4-2-1-3-5(6)7(9)10;5-4-2-1-3-6-4/h1-4,8H,(H,9,10);1-3H,5H2. The van der Waals surface area contributed by atoms with Crippen LogP contribution in [0.5, 0.6) is 5.75 Å². The van der Waals surface area contributed by atoms with Gasteiger partial charge in [-0.3, -0.25) is 0 Å². The van der Waals surface area contributed by atoms with E-state index in [1.807, 2.05) is 17.5 Å². The Morgan fingerprint density at radius 3 is 2.19 bits per heavy atom. The molecule has 4 N–H and O–H groups in total. The third-order valence-electron chi connectivity index (χ3n) is 1.68. The second kappa shape index (κ2) is 5.77. The van der Waals surface area contributed by atoms with E-state index >= 15 is 0 Å². The fourth-order valence-corrected chi connectivity index (χ4v) is 1.42. The summed E-state index contributed by atoms with van der Waals surface area (Å²) in [5.41, 5.74) is 5.23. The van der Waals surface area contributed by atoms with Gasteiger partial charge in [-0.25, -0.2) is 4.79 Å². The van der Waals surface area contributed by atoms with Crippen LogP contribution in [0.25, 0.3) is 0 Å². The molecule has 2 aromatic rings. The molecule has 0 unspecified atom stereocenters. The summed E-state index contributed by atoms with van der Waals surface area (Å²) in [6.07, 6.45) is 0. The molecule has 0 spiro atoms. The zero-order valence-electron chi connectivity index (χ0n) is 8.33. The van der Waals surface area contributed by atoms with E-state index in [0.717, 1.165) is 5.00 Å². The predicted octanol–water partition coefficient (Wildman–Crippen LogP) is 2.42. The van der Waals surface area contributed by atoms with Gasteiger partial charge in [-0.15, -0.1) is 11.3 Å². The van der Waals surface area contributed by atoms with Crippen LogP contribution in [0.15, 0.2) is 41.8 Å². The van der Waals surface area contributed by atoms with Gasteiger partial charge in [0.2, 0.25) is 0 Å². The first-order valence-electron chi connectivity index (χ1n) is 4.41. The molecule has 0 aliphatic carbocycles. The van der Waals surface area contributed by atoms with Crippen LogP contribution in [0.4, 0.5) is 5.00 Å². The average Bonchev–Trinajstić information content (AvgIpc) is 2.70. The number of nitrogens with two attached hydrogens (primary N) is 1. The van der Waals surface area contributed by atoms with Gasteiger partial charge in [0.05, 0.1) is 5.00 Å². The fraction of sp³-hybridized carbons (Fsp3) is 0. The van der Waals surface area contributed by atoms with Gasteiger partial charge in [-0.1, -0.05) is 12.1 Å². The number of hydrogen-bond acceptors (Lipinski definition) is 4. The molecular formula is C11H11NO3S. The van der Waals surface area contributed by atoms with Crippen LogP contribution in [0, 0.1) is 0 Å². The lowest BCUT2D eigenvalue weighted by atomic mass is 10.2. The zero-order valence-corrected chi connectivity index (χ0v) is 9.15. The third-order valence-corrected chi connectivity index (χ3v) is 2.38. The molecule has 5 heteroatoms. The maximum absolute atomic E-state index is 10.3. The molecule has 0 fully saturated rings. The van der Waals surface area contributed by atoms with Crippen molar-refractivity contribution in [3.8, 4) is 5.75 Å². The Kier molecular flexibility index (Phi) is 4.35. The van der Waals surface area contributed by atoms with Crippen molar-refractivity contribution in [3.63, 3.8) is 0 Å². The third kappa shape index (κ3) is 3.62. The van der Waals surface area contributed by atoms with Gasteiger partial charge in [0.15, 0.2) is 0 Å². The predicted molar refractivity (Wildman–Crippen MR) is 63.8 cm³/mol. The van der Waals surface area contributed by atoms with E-state index < -0.39 is 5.97 Å². The smallest absolute Gasteiger partial charge is 0.339 e. The summed E-state index contributed by atoms with van der Waals surface area (Å²) in [5.74, 6) is -1.31. The highest BCUT2D eigenvalue weighted by molar-refractivity contribution is 7.13. The first-order chi connectivity index (χ1) is 7.61. The van der Waals surface area contributed by atoms with Gasteiger partial charge in [-0.2, -0.15) is 0 Å².